The van der Waals surface area contributed by atoms with E-state index in [9.17, 15) is 9.59 Å². The Morgan fingerprint density at radius 2 is 2.50 bits per heavy atom. The predicted octanol–water partition coefficient (Wildman–Crippen LogP) is -0.737. The number of carbonyl (C=O) groups excluding carboxylic acids is 2. The number of rotatable bonds is 1. The van der Waals surface area contributed by atoms with E-state index in [0.717, 1.165) is 0 Å². The van der Waals surface area contributed by atoms with Gasteiger partial charge >= 0.3 is 0 Å². The summed E-state index contributed by atoms with van der Waals surface area (Å²) >= 11 is 3.87. The van der Waals surface area contributed by atoms with Crippen molar-refractivity contribution in [1.29, 1.82) is 0 Å². The second-order valence-electron chi connectivity index (χ2n) is 2.71. The van der Waals surface area contributed by atoms with Gasteiger partial charge in [-0.2, -0.15) is 12.6 Å². The Kier molecular flexibility index (Phi) is 2.97. The maximum Gasteiger partial charge on any atom is 0.242 e. The van der Waals surface area contributed by atoms with Gasteiger partial charge < -0.3 is 10.2 Å². The summed E-state index contributed by atoms with van der Waals surface area (Å²) in [5.41, 5.74) is 0. The van der Waals surface area contributed by atoms with E-state index in [2.05, 4.69) is 17.9 Å². The normalized spacial score (nSPS) is 23.7. The summed E-state index contributed by atoms with van der Waals surface area (Å²) in [4.78, 5) is 23.8. The van der Waals surface area contributed by atoms with Crippen molar-refractivity contribution < 1.29 is 9.59 Å². The standard InChI is InChI=1S/C7H12N2O2S/c1-5-7(11)8-2-3-9(5)6(10)4-12/h5,12H,2-4H2,1H3,(H,8,11). The molecule has 1 saturated heterocycles. The van der Waals surface area contributed by atoms with Crippen molar-refractivity contribution in [1.82, 2.24) is 10.2 Å². The molecule has 1 N–H and O–H groups in total. The Labute approximate surface area is 76.7 Å². The van der Waals surface area contributed by atoms with Crippen molar-refractivity contribution in [2.45, 2.75) is 13.0 Å². The fourth-order valence-electron chi connectivity index (χ4n) is 1.21. The summed E-state index contributed by atoms with van der Waals surface area (Å²) in [7, 11) is 0. The summed E-state index contributed by atoms with van der Waals surface area (Å²) in [6, 6.07) is -0.349. The number of hydrogen-bond acceptors (Lipinski definition) is 3. The SMILES string of the molecule is CC1C(=O)NCCN1C(=O)CS. The van der Waals surface area contributed by atoms with Gasteiger partial charge in [-0.1, -0.05) is 0 Å². The Bertz CT molecular complexity index is 208. The van der Waals surface area contributed by atoms with Crippen molar-refractivity contribution in [3.05, 3.63) is 0 Å². The highest BCUT2D eigenvalue weighted by atomic mass is 32.1. The van der Waals surface area contributed by atoms with Crippen molar-refractivity contribution >= 4 is 24.4 Å². The Balaban J connectivity index is 2.63. The van der Waals surface area contributed by atoms with Crippen LogP contribution in [0.3, 0.4) is 0 Å². The lowest BCUT2D eigenvalue weighted by molar-refractivity contribution is -0.140. The molecular formula is C7H12N2O2S. The monoisotopic (exact) mass is 188 g/mol. The molecule has 68 valence electrons. The first-order valence-electron chi connectivity index (χ1n) is 3.85. The second-order valence-corrected chi connectivity index (χ2v) is 3.03. The van der Waals surface area contributed by atoms with E-state index < -0.39 is 0 Å². The number of thiol groups is 1. The smallest absolute Gasteiger partial charge is 0.242 e. The first-order chi connectivity index (χ1) is 5.66. The quantitative estimate of drug-likeness (QED) is 0.533. The lowest BCUT2D eigenvalue weighted by atomic mass is 10.2. The third-order valence-electron chi connectivity index (χ3n) is 1.95. The van der Waals surface area contributed by atoms with E-state index in [4.69, 9.17) is 0 Å². The van der Waals surface area contributed by atoms with Crippen LogP contribution < -0.4 is 5.32 Å². The van der Waals surface area contributed by atoms with Crippen molar-refractivity contribution in [3.63, 3.8) is 0 Å². The fraction of sp³-hybridized carbons (Fsp3) is 0.714. The molecule has 1 aliphatic heterocycles. The predicted molar refractivity (Wildman–Crippen MR) is 48.0 cm³/mol. The third-order valence-corrected chi connectivity index (χ3v) is 2.23. The van der Waals surface area contributed by atoms with Crippen molar-refractivity contribution in [3.8, 4) is 0 Å². The molecule has 1 atom stereocenters. The van der Waals surface area contributed by atoms with E-state index in [1.54, 1.807) is 11.8 Å². The zero-order valence-electron chi connectivity index (χ0n) is 6.91. The number of carbonyl (C=O) groups is 2. The van der Waals surface area contributed by atoms with Gasteiger partial charge in [0.05, 0.1) is 5.75 Å². The molecule has 0 bridgehead atoms. The van der Waals surface area contributed by atoms with Crippen LogP contribution in [0.5, 0.6) is 0 Å². The molecule has 12 heavy (non-hydrogen) atoms. The van der Waals surface area contributed by atoms with Gasteiger partial charge in [0.15, 0.2) is 0 Å². The number of piperazine rings is 1. The van der Waals surface area contributed by atoms with Crippen LogP contribution in [0, 0.1) is 0 Å². The molecule has 0 radical (unpaired) electrons. The highest BCUT2D eigenvalue weighted by Gasteiger charge is 2.27. The average Bonchev–Trinajstić information content (AvgIpc) is 2.08. The molecule has 0 aliphatic carbocycles. The maximum atomic E-state index is 11.2. The number of nitrogens with one attached hydrogen (secondary N) is 1. The van der Waals surface area contributed by atoms with Gasteiger partial charge in [-0.15, -0.1) is 0 Å². The summed E-state index contributed by atoms with van der Waals surface area (Å²) in [6.45, 7) is 2.85. The maximum absolute atomic E-state index is 11.2. The van der Waals surface area contributed by atoms with Crippen LogP contribution >= 0.6 is 12.6 Å². The minimum Gasteiger partial charge on any atom is -0.353 e. The molecule has 0 aromatic rings. The summed E-state index contributed by atoms with van der Waals surface area (Å²) in [5, 5.41) is 2.68. The third kappa shape index (κ3) is 1.72. The van der Waals surface area contributed by atoms with E-state index >= 15 is 0 Å². The van der Waals surface area contributed by atoms with Gasteiger partial charge in [0.25, 0.3) is 0 Å². The second kappa shape index (κ2) is 3.80. The number of hydrogen-bond donors (Lipinski definition) is 2. The molecule has 0 spiro atoms. The number of amides is 2. The van der Waals surface area contributed by atoms with Crippen molar-refractivity contribution in [2.75, 3.05) is 18.8 Å². The summed E-state index contributed by atoms with van der Waals surface area (Å²) < 4.78 is 0. The van der Waals surface area contributed by atoms with Crippen LogP contribution in [-0.4, -0.2) is 41.6 Å². The minimum absolute atomic E-state index is 0.0827. The fourth-order valence-corrected chi connectivity index (χ4v) is 1.40. The lowest BCUT2D eigenvalue weighted by Gasteiger charge is -2.32. The molecule has 1 aliphatic rings. The molecule has 1 fully saturated rings. The van der Waals surface area contributed by atoms with E-state index in [1.807, 2.05) is 0 Å². The molecule has 1 rings (SSSR count). The van der Waals surface area contributed by atoms with Gasteiger partial charge in [0, 0.05) is 13.1 Å². The van der Waals surface area contributed by atoms with Crippen LogP contribution in [0.4, 0.5) is 0 Å². The van der Waals surface area contributed by atoms with Crippen LogP contribution in [0.1, 0.15) is 6.92 Å². The molecule has 4 nitrogen and oxygen atoms in total. The highest BCUT2D eigenvalue weighted by Crippen LogP contribution is 2.04. The van der Waals surface area contributed by atoms with E-state index in [-0.39, 0.29) is 23.6 Å². The Hall–Kier alpha value is -0.710. The Morgan fingerprint density at radius 1 is 1.83 bits per heavy atom. The molecule has 1 heterocycles. The molecule has 0 saturated carbocycles. The lowest BCUT2D eigenvalue weighted by Crippen LogP contribution is -2.56. The topological polar surface area (TPSA) is 49.4 Å². The molecular weight excluding hydrogens is 176 g/mol. The first kappa shape index (κ1) is 9.38. The molecule has 2 amide bonds. The molecule has 5 heteroatoms. The summed E-state index contributed by atoms with van der Waals surface area (Å²) in [6.07, 6.45) is 0. The van der Waals surface area contributed by atoms with Crippen LogP contribution in [-0.2, 0) is 9.59 Å². The Morgan fingerprint density at radius 3 is 3.08 bits per heavy atom. The van der Waals surface area contributed by atoms with Gasteiger partial charge in [0.1, 0.15) is 6.04 Å². The molecule has 1 unspecified atom stereocenters. The van der Waals surface area contributed by atoms with Gasteiger partial charge in [-0.05, 0) is 6.92 Å². The highest BCUT2D eigenvalue weighted by molar-refractivity contribution is 7.81. The first-order valence-corrected chi connectivity index (χ1v) is 4.48. The number of nitrogens with zero attached hydrogens (tertiary/aromatic N) is 1. The minimum atomic E-state index is -0.349. The zero-order chi connectivity index (χ0) is 9.14. The van der Waals surface area contributed by atoms with Crippen LogP contribution in [0.15, 0.2) is 0 Å². The van der Waals surface area contributed by atoms with Gasteiger partial charge in [0.2, 0.25) is 11.8 Å². The molecule has 0 aromatic carbocycles. The van der Waals surface area contributed by atoms with Crippen molar-refractivity contribution in [2.24, 2.45) is 0 Å². The average molecular weight is 188 g/mol. The van der Waals surface area contributed by atoms with Crippen LogP contribution in [0.25, 0.3) is 0 Å². The largest absolute Gasteiger partial charge is 0.353 e. The summed E-state index contributed by atoms with van der Waals surface area (Å²) in [5.74, 6) is -0.00508. The van der Waals surface area contributed by atoms with E-state index in [1.165, 1.54) is 0 Å². The van der Waals surface area contributed by atoms with Crippen LogP contribution in [0.2, 0.25) is 0 Å². The van der Waals surface area contributed by atoms with Gasteiger partial charge in [-0.25, -0.2) is 0 Å². The zero-order valence-corrected chi connectivity index (χ0v) is 7.80. The van der Waals surface area contributed by atoms with E-state index in [0.29, 0.717) is 13.1 Å². The van der Waals surface area contributed by atoms with Gasteiger partial charge in [-0.3, -0.25) is 9.59 Å². The molecule has 0 aromatic heterocycles.